The summed E-state index contributed by atoms with van der Waals surface area (Å²) in [4.78, 5) is 5.33. The molecule has 2 saturated heterocycles. The Morgan fingerprint density at radius 3 is 2.06 bits per heavy atom. The van der Waals surface area contributed by atoms with Crippen molar-refractivity contribution in [1.29, 1.82) is 0 Å². The van der Waals surface area contributed by atoms with E-state index in [1.165, 1.54) is 45.4 Å². The third kappa shape index (κ3) is 3.45. The second kappa shape index (κ2) is 5.71. The van der Waals surface area contributed by atoms with E-state index in [2.05, 4.69) is 37.5 Å². The lowest BCUT2D eigenvalue weighted by Gasteiger charge is -2.49. The highest BCUT2D eigenvalue weighted by Crippen LogP contribution is 2.27. The van der Waals surface area contributed by atoms with E-state index in [4.69, 9.17) is 0 Å². The van der Waals surface area contributed by atoms with Gasteiger partial charge in [0, 0.05) is 25.2 Å². The molecule has 0 aliphatic carbocycles. The molecule has 0 aromatic heterocycles. The van der Waals surface area contributed by atoms with Crippen molar-refractivity contribution in [2.45, 2.75) is 59.0 Å². The molecule has 2 rings (SSSR count). The van der Waals surface area contributed by atoms with Crippen molar-refractivity contribution in [3.05, 3.63) is 0 Å². The molecule has 100 valence electrons. The number of piperidine rings is 1. The van der Waals surface area contributed by atoms with Crippen molar-refractivity contribution in [3.8, 4) is 0 Å². The van der Waals surface area contributed by atoms with Crippen LogP contribution in [-0.2, 0) is 0 Å². The van der Waals surface area contributed by atoms with E-state index in [0.717, 1.165) is 23.9 Å². The van der Waals surface area contributed by atoms with E-state index in [0.29, 0.717) is 0 Å². The van der Waals surface area contributed by atoms with Crippen LogP contribution in [0.1, 0.15) is 47.0 Å². The van der Waals surface area contributed by atoms with Gasteiger partial charge in [-0.3, -0.25) is 9.80 Å². The molecule has 0 radical (unpaired) electrons. The monoisotopic (exact) mass is 238 g/mol. The van der Waals surface area contributed by atoms with Crippen LogP contribution in [-0.4, -0.2) is 48.1 Å². The standard InChI is InChI=1S/C15H30N2/c1-12(2)9-14-5-7-16(8-6-14)15-10-17(11-15)13(3)4/h12-15H,5-11H2,1-4H3. The Morgan fingerprint density at radius 2 is 1.59 bits per heavy atom. The molecule has 2 nitrogen and oxygen atoms in total. The lowest BCUT2D eigenvalue weighted by atomic mass is 9.87. The van der Waals surface area contributed by atoms with Crippen molar-refractivity contribution < 1.29 is 0 Å². The van der Waals surface area contributed by atoms with Gasteiger partial charge in [-0.1, -0.05) is 13.8 Å². The summed E-state index contributed by atoms with van der Waals surface area (Å²) >= 11 is 0. The molecule has 0 saturated carbocycles. The van der Waals surface area contributed by atoms with Gasteiger partial charge in [-0.05, 0) is 58.0 Å². The number of rotatable bonds is 4. The Balaban J connectivity index is 1.67. The normalized spacial score (nSPS) is 25.8. The molecule has 0 bridgehead atoms. The van der Waals surface area contributed by atoms with E-state index in [1.807, 2.05) is 0 Å². The van der Waals surface area contributed by atoms with Gasteiger partial charge in [0.2, 0.25) is 0 Å². The zero-order valence-electron chi connectivity index (χ0n) is 12.2. The number of nitrogens with zero attached hydrogens (tertiary/aromatic N) is 2. The summed E-state index contributed by atoms with van der Waals surface area (Å²) in [5, 5.41) is 0. The molecule has 0 aromatic carbocycles. The molecular formula is C15H30N2. The SMILES string of the molecule is CC(C)CC1CCN(C2CN(C(C)C)C2)CC1. The molecule has 0 unspecified atom stereocenters. The molecule has 0 spiro atoms. The quantitative estimate of drug-likeness (QED) is 0.743. The molecule has 0 atom stereocenters. The topological polar surface area (TPSA) is 6.48 Å². The van der Waals surface area contributed by atoms with Crippen molar-refractivity contribution >= 4 is 0 Å². The predicted molar refractivity (Wildman–Crippen MR) is 74.2 cm³/mol. The Morgan fingerprint density at radius 1 is 1.00 bits per heavy atom. The minimum atomic E-state index is 0.740. The highest BCUT2D eigenvalue weighted by Gasteiger charge is 2.34. The van der Waals surface area contributed by atoms with Gasteiger partial charge < -0.3 is 0 Å². The minimum absolute atomic E-state index is 0.740. The van der Waals surface area contributed by atoms with Crippen LogP contribution in [0.2, 0.25) is 0 Å². The summed E-state index contributed by atoms with van der Waals surface area (Å²) in [6.45, 7) is 14.7. The van der Waals surface area contributed by atoms with E-state index >= 15 is 0 Å². The summed E-state index contributed by atoms with van der Waals surface area (Å²) in [6, 6.07) is 1.61. The molecule has 17 heavy (non-hydrogen) atoms. The van der Waals surface area contributed by atoms with Crippen molar-refractivity contribution in [1.82, 2.24) is 9.80 Å². The molecule has 0 amide bonds. The number of hydrogen-bond acceptors (Lipinski definition) is 2. The maximum absolute atomic E-state index is 2.75. The average Bonchev–Trinajstić information content (AvgIpc) is 2.16. The van der Waals surface area contributed by atoms with Crippen molar-refractivity contribution in [2.24, 2.45) is 11.8 Å². The van der Waals surface area contributed by atoms with Gasteiger partial charge in [0.25, 0.3) is 0 Å². The largest absolute Gasteiger partial charge is 0.298 e. The van der Waals surface area contributed by atoms with Crippen LogP contribution in [0, 0.1) is 11.8 Å². The lowest BCUT2D eigenvalue weighted by molar-refractivity contribution is -0.00337. The molecule has 0 N–H and O–H groups in total. The first-order valence-corrected chi connectivity index (χ1v) is 7.54. The maximum Gasteiger partial charge on any atom is 0.0350 e. The first kappa shape index (κ1) is 13.4. The Kier molecular flexibility index (Phi) is 4.48. The third-order valence-electron chi connectivity index (χ3n) is 4.59. The van der Waals surface area contributed by atoms with Crippen LogP contribution < -0.4 is 0 Å². The Bertz CT molecular complexity index is 223. The van der Waals surface area contributed by atoms with Gasteiger partial charge >= 0.3 is 0 Å². The predicted octanol–water partition coefficient (Wildman–Crippen LogP) is 2.84. The summed E-state index contributed by atoms with van der Waals surface area (Å²) in [6.07, 6.45) is 4.32. The van der Waals surface area contributed by atoms with Gasteiger partial charge in [-0.2, -0.15) is 0 Å². The van der Waals surface area contributed by atoms with Crippen molar-refractivity contribution in [2.75, 3.05) is 26.2 Å². The smallest absolute Gasteiger partial charge is 0.0350 e. The number of likely N-dealkylation sites (tertiary alicyclic amines) is 2. The molecule has 2 fully saturated rings. The van der Waals surface area contributed by atoms with Crippen LogP contribution in [0.25, 0.3) is 0 Å². The number of hydrogen-bond donors (Lipinski definition) is 0. The molecule has 2 aliphatic heterocycles. The van der Waals surface area contributed by atoms with Gasteiger partial charge in [0.1, 0.15) is 0 Å². The molecular weight excluding hydrogens is 208 g/mol. The zero-order chi connectivity index (χ0) is 12.4. The van der Waals surface area contributed by atoms with Gasteiger partial charge in [-0.15, -0.1) is 0 Å². The van der Waals surface area contributed by atoms with Gasteiger partial charge in [0.05, 0.1) is 0 Å². The van der Waals surface area contributed by atoms with Crippen LogP contribution in [0.4, 0.5) is 0 Å². The fourth-order valence-corrected chi connectivity index (χ4v) is 3.36. The summed E-state index contributed by atoms with van der Waals surface area (Å²) < 4.78 is 0. The van der Waals surface area contributed by atoms with Gasteiger partial charge in [-0.25, -0.2) is 0 Å². The molecule has 0 aromatic rings. The van der Waals surface area contributed by atoms with Crippen LogP contribution in [0.3, 0.4) is 0 Å². The summed E-state index contributed by atoms with van der Waals surface area (Å²) in [5.74, 6) is 1.89. The maximum atomic E-state index is 2.75. The lowest BCUT2D eigenvalue weighted by Crippen LogP contribution is -2.62. The second-order valence-corrected chi connectivity index (χ2v) is 6.81. The Hall–Kier alpha value is -0.0800. The first-order chi connectivity index (χ1) is 8.06. The fraction of sp³-hybridized carbons (Fsp3) is 1.00. The van der Waals surface area contributed by atoms with E-state index in [-0.39, 0.29) is 0 Å². The van der Waals surface area contributed by atoms with E-state index in [9.17, 15) is 0 Å². The molecule has 2 heteroatoms. The molecule has 2 aliphatic rings. The Labute approximate surface area is 107 Å². The van der Waals surface area contributed by atoms with Crippen LogP contribution in [0.5, 0.6) is 0 Å². The second-order valence-electron chi connectivity index (χ2n) is 6.81. The summed E-state index contributed by atoms with van der Waals surface area (Å²) in [5.41, 5.74) is 0. The third-order valence-corrected chi connectivity index (χ3v) is 4.59. The molecule has 2 heterocycles. The summed E-state index contributed by atoms with van der Waals surface area (Å²) in [7, 11) is 0. The van der Waals surface area contributed by atoms with Crippen molar-refractivity contribution in [3.63, 3.8) is 0 Å². The zero-order valence-corrected chi connectivity index (χ0v) is 12.2. The average molecular weight is 238 g/mol. The van der Waals surface area contributed by atoms with E-state index < -0.39 is 0 Å². The van der Waals surface area contributed by atoms with E-state index in [1.54, 1.807) is 0 Å². The van der Waals surface area contributed by atoms with Crippen LogP contribution in [0.15, 0.2) is 0 Å². The highest BCUT2D eigenvalue weighted by molar-refractivity contribution is 4.91. The fourth-order valence-electron chi connectivity index (χ4n) is 3.36. The first-order valence-electron chi connectivity index (χ1n) is 7.54. The van der Waals surface area contributed by atoms with Crippen LogP contribution >= 0.6 is 0 Å². The minimum Gasteiger partial charge on any atom is -0.298 e. The highest BCUT2D eigenvalue weighted by atomic mass is 15.3. The van der Waals surface area contributed by atoms with Gasteiger partial charge in [0.15, 0.2) is 0 Å².